The van der Waals surface area contributed by atoms with Crippen molar-refractivity contribution in [2.45, 2.75) is 33.6 Å². The van der Waals surface area contributed by atoms with Gasteiger partial charge in [0.25, 0.3) is 0 Å². The summed E-state index contributed by atoms with van der Waals surface area (Å²) in [6, 6.07) is 7.76. The third kappa shape index (κ3) is 3.53. The highest BCUT2D eigenvalue weighted by Gasteiger charge is 2.36. The average Bonchev–Trinajstić information content (AvgIpc) is 3.17. The van der Waals surface area contributed by atoms with Gasteiger partial charge in [-0.25, -0.2) is 4.98 Å². The molecule has 0 bridgehead atoms. The molecule has 1 aromatic carbocycles. The molecule has 1 saturated heterocycles. The molecule has 6 nitrogen and oxygen atoms in total. The lowest BCUT2D eigenvalue weighted by Gasteiger charge is -2.19. The Balaban J connectivity index is 1.73. The molecular formula is C19H21N3O3S. The maximum atomic E-state index is 12.6. The molecule has 1 aromatic heterocycles. The Morgan fingerprint density at radius 3 is 2.73 bits per heavy atom. The molecule has 1 aliphatic heterocycles. The number of benzene rings is 1. The van der Waals surface area contributed by atoms with Gasteiger partial charge >= 0.3 is 0 Å². The van der Waals surface area contributed by atoms with Gasteiger partial charge in [-0.1, -0.05) is 36.5 Å². The first-order chi connectivity index (χ1) is 12.4. The molecule has 26 heavy (non-hydrogen) atoms. The van der Waals surface area contributed by atoms with Crippen molar-refractivity contribution in [3.05, 3.63) is 40.4 Å². The maximum absolute atomic E-state index is 12.6. The van der Waals surface area contributed by atoms with E-state index in [-0.39, 0.29) is 24.0 Å². The number of rotatable bonds is 5. The number of hydrogen-bond donors (Lipinski definition) is 1. The molecule has 0 radical (unpaired) electrons. The van der Waals surface area contributed by atoms with Crippen molar-refractivity contribution in [1.29, 1.82) is 0 Å². The van der Waals surface area contributed by atoms with Gasteiger partial charge in [-0.05, 0) is 25.0 Å². The number of anilines is 2. The minimum atomic E-state index is -0.433. The number of aromatic nitrogens is 1. The summed E-state index contributed by atoms with van der Waals surface area (Å²) < 4.78 is 0. The molecule has 1 fully saturated rings. The Hall–Kier alpha value is -2.54. The predicted octanol–water partition coefficient (Wildman–Crippen LogP) is 3.21. The topological polar surface area (TPSA) is 79.4 Å². The lowest BCUT2D eigenvalue weighted by atomic mass is 10.1. The third-order valence-corrected chi connectivity index (χ3v) is 5.68. The lowest BCUT2D eigenvalue weighted by molar-refractivity contribution is -0.122. The first-order valence-corrected chi connectivity index (χ1v) is 9.39. The van der Waals surface area contributed by atoms with Crippen LogP contribution in [0.1, 0.15) is 41.2 Å². The molecule has 1 aliphatic rings. The van der Waals surface area contributed by atoms with Crippen LogP contribution in [0.4, 0.5) is 10.8 Å². The number of thiazole rings is 1. The zero-order valence-corrected chi connectivity index (χ0v) is 15.9. The van der Waals surface area contributed by atoms with E-state index >= 15 is 0 Å². The number of para-hydroxylation sites is 1. The van der Waals surface area contributed by atoms with E-state index in [4.69, 9.17) is 0 Å². The van der Waals surface area contributed by atoms with Crippen LogP contribution in [0, 0.1) is 12.8 Å². The highest BCUT2D eigenvalue weighted by molar-refractivity contribution is 7.17. The van der Waals surface area contributed by atoms with Gasteiger partial charge in [0.2, 0.25) is 11.8 Å². The van der Waals surface area contributed by atoms with Crippen LogP contribution in [0.25, 0.3) is 0 Å². The van der Waals surface area contributed by atoms with Crippen LogP contribution in [-0.2, 0) is 16.0 Å². The van der Waals surface area contributed by atoms with E-state index in [1.165, 1.54) is 18.3 Å². The van der Waals surface area contributed by atoms with Crippen LogP contribution in [-0.4, -0.2) is 29.1 Å². The SMILES string of the molecule is CCc1ccccc1N1C[C@H](C(=O)Nc2nc(C)c(C(C)=O)s2)CC1=O. The number of nitrogens with zero attached hydrogens (tertiary/aromatic N) is 2. The summed E-state index contributed by atoms with van der Waals surface area (Å²) in [6.45, 7) is 5.61. The first kappa shape index (κ1) is 18.3. The quantitative estimate of drug-likeness (QED) is 0.819. The number of carbonyl (C=O) groups is 3. The fourth-order valence-corrected chi connectivity index (χ4v) is 4.04. The molecule has 7 heteroatoms. The van der Waals surface area contributed by atoms with Crippen molar-refractivity contribution in [3.8, 4) is 0 Å². The predicted molar refractivity (Wildman–Crippen MR) is 102 cm³/mol. The standard InChI is InChI=1S/C19H21N3O3S/c1-4-13-7-5-6-8-15(13)22-10-14(9-16(22)24)18(25)21-19-20-11(2)17(26-19)12(3)23/h5-8,14H,4,9-10H2,1-3H3,(H,20,21,25)/t14-/m1/s1. The molecule has 0 unspecified atom stereocenters. The molecule has 2 aromatic rings. The van der Waals surface area contributed by atoms with E-state index in [9.17, 15) is 14.4 Å². The van der Waals surface area contributed by atoms with E-state index in [0.717, 1.165) is 17.7 Å². The van der Waals surface area contributed by atoms with Gasteiger partial charge in [0.15, 0.2) is 10.9 Å². The summed E-state index contributed by atoms with van der Waals surface area (Å²) in [5, 5.41) is 3.16. The Morgan fingerprint density at radius 2 is 2.08 bits per heavy atom. The van der Waals surface area contributed by atoms with E-state index in [1.54, 1.807) is 11.8 Å². The highest BCUT2D eigenvalue weighted by Crippen LogP contribution is 2.30. The van der Waals surface area contributed by atoms with Crippen LogP contribution in [0.5, 0.6) is 0 Å². The van der Waals surface area contributed by atoms with Gasteiger partial charge in [-0.3, -0.25) is 14.4 Å². The molecule has 0 aliphatic carbocycles. The second-order valence-electron chi connectivity index (χ2n) is 6.37. The van der Waals surface area contributed by atoms with Crippen molar-refractivity contribution in [3.63, 3.8) is 0 Å². The van der Waals surface area contributed by atoms with Crippen LogP contribution >= 0.6 is 11.3 Å². The molecule has 0 saturated carbocycles. The monoisotopic (exact) mass is 371 g/mol. The Labute approximate surface area is 156 Å². The number of aryl methyl sites for hydroxylation is 2. The first-order valence-electron chi connectivity index (χ1n) is 8.58. The molecule has 2 amide bonds. The minimum Gasteiger partial charge on any atom is -0.311 e. The van der Waals surface area contributed by atoms with Gasteiger partial charge < -0.3 is 10.2 Å². The highest BCUT2D eigenvalue weighted by atomic mass is 32.1. The average molecular weight is 371 g/mol. The fourth-order valence-electron chi connectivity index (χ4n) is 3.17. The molecule has 1 N–H and O–H groups in total. The second-order valence-corrected chi connectivity index (χ2v) is 7.37. The molecule has 1 atom stereocenters. The largest absolute Gasteiger partial charge is 0.311 e. The van der Waals surface area contributed by atoms with Gasteiger partial charge in [0.1, 0.15) is 0 Å². The molecule has 2 heterocycles. The van der Waals surface area contributed by atoms with Gasteiger partial charge in [0.05, 0.1) is 16.5 Å². The van der Waals surface area contributed by atoms with Crippen molar-refractivity contribution in [2.75, 3.05) is 16.8 Å². The summed E-state index contributed by atoms with van der Waals surface area (Å²) in [4.78, 5) is 43.0. The Kier molecular flexibility index (Phi) is 5.18. The van der Waals surface area contributed by atoms with E-state index < -0.39 is 5.92 Å². The summed E-state index contributed by atoms with van der Waals surface area (Å²) in [5.41, 5.74) is 2.57. The van der Waals surface area contributed by atoms with Crippen molar-refractivity contribution < 1.29 is 14.4 Å². The number of Topliss-reactive ketones (excluding diaryl/α,β-unsaturated/α-hetero) is 1. The normalized spacial score (nSPS) is 16.8. The molecular weight excluding hydrogens is 350 g/mol. The summed E-state index contributed by atoms with van der Waals surface area (Å²) in [5.74, 6) is -0.791. The summed E-state index contributed by atoms with van der Waals surface area (Å²) >= 11 is 1.17. The summed E-state index contributed by atoms with van der Waals surface area (Å²) in [6.07, 6.45) is 0.997. The molecule has 3 rings (SSSR count). The number of amides is 2. The van der Waals surface area contributed by atoms with Crippen LogP contribution in [0.15, 0.2) is 24.3 Å². The zero-order chi connectivity index (χ0) is 18.8. The molecule has 0 spiro atoms. The zero-order valence-electron chi connectivity index (χ0n) is 15.0. The number of nitrogens with one attached hydrogen (secondary N) is 1. The Morgan fingerprint density at radius 1 is 1.35 bits per heavy atom. The third-order valence-electron chi connectivity index (χ3n) is 4.51. The Bertz CT molecular complexity index is 875. The smallest absolute Gasteiger partial charge is 0.231 e. The molecule has 136 valence electrons. The fraction of sp³-hybridized carbons (Fsp3) is 0.368. The van der Waals surface area contributed by atoms with Gasteiger partial charge in [-0.2, -0.15) is 0 Å². The van der Waals surface area contributed by atoms with E-state index in [1.807, 2.05) is 31.2 Å². The lowest BCUT2D eigenvalue weighted by Crippen LogP contribution is -2.28. The van der Waals surface area contributed by atoms with Crippen LogP contribution < -0.4 is 10.2 Å². The van der Waals surface area contributed by atoms with Crippen molar-refractivity contribution in [1.82, 2.24) is 4.98 Å². The van der Waals surface area contributed by atoms with E-state index in [2.05, 4.69) is 10.3 Å². The minimum absolute atomic E-state index is 0.0502. The number of ketones is 1. The van der Waals surface area contributed by atoms with Crippen molar-refractivity contribution in [2.24, 2.45) is 5.92 Å². The second kappa shape index (κ2) is 7.37. The van der Waals surface area contributed by atoms with Gasteiger partial charge in [-0.15, -0.1) is 0 Å². The summed E-state index contributed by atoms with van der Waals surface area (Å²) in [7, 11) is 0. The number of hydrogen-bond acceptors (Lipinski definition) is 5. The maximum Gasteiger partial charge on any atom is 0.231 e. The van der Waals surface area contributed by atoms with Gasteiger partial charge in [0, 0.05) is 25.6 Å². The van der Waals surface area contributed by atoms with E-state index in [0.29, 0.717) is 22.2 Å². The van der Waals surface area contributed by atoms with Crippen LogP contribution in [0.3, 0.4) is 0 Å². The van der Waals surface area contributed by atoms with Crippen LogP contribution in [0.2, 0.25) is 0 Å². The van der Waals surface area contributed by atoms with Crippen molar-refractivity contribution >= 4 is 39.8 Å². The number of carbonyl (C=O) groups excluding carboxylic acids is 3.